The van der Waals surface area contributed by atoms with Crippen molar-refractivity contribution in [2.45, 2.75) is 6.54 Å². The summed E-state index contributed by atoms with van der Waals surface area (Å²) in [6.07, 6.45) is 0. The molecular weight excluding hydrogens is 348 g/mol. The summed E-state index contributed by atoms with van der Waals surface area (Å²) in [6, 6.07) is 17.5. The number of hydrogen-bond acceptors (Lipinski definition) is 4. The topological polar surface area (TPSA) is 40.6 Å². The molecule has 0 saturated carbocycles. The molecule has 0 atom stereocenters. The molecule has 0 radical (unpaired) electrons. The minimum atomic E-state index is -0.394. The fourth-order valence-electron chi connectivity index (χ4n) is 3.54. The van der Waals surface area contributed by atoms with Crippen molar-refractivity contribution in [2.75, 3.05) is 31.1 Å². The lowest BCUT2D eigenvalue weighted by atomic mass is 9.97. The zero-order valence-corrected chi connectivity index (χ0v) is 15.1. The number of nitrogens with zero attached hydrogens (tertiary/aromatic N) is 2. The van der Waals surface area contributed by atoms with E-state index in [0.717, 1.165) is 38.3 Å². The highest BCUT2D eigenvalue weighted by atomic mass is 35.5. The Hall–Kier alpha value is -2.43. The SMILES string of the molecule is O=c1c(-c2ccc(Cl)cc2)c(N2CCN(Cc3ccccc3)CC2)c1=O. The molecule has 0 bridgehead atoms. The molecule has 0 N–H and O–H groups in total. The molecule has 4 nitrogen and oxygen atoms in total. The highest BCUT2D eigenvalue weighted by Crippen LogP contribution is 2.28. The van der Waals surface area contributed by atoms with E-state index in [-0.39, 0.29) is 5.43 Å². The second-order valence-electron chi connectivity index (χ2n) is 6.64. The summed E-state index contributed by atoms with van der Waals surface area (Å²) < 4.78 is 0. The van der Waals surface area contributed by atoms with Gasteiger partial charge < -0.3 is 4.90 Å². The van der Waals surface area contributed by atoms with Gasteiger partial charge in [-0.15, -0.1) is 0 Å². The van der Waals surface area contributed by atoms with Crippen LogP contribution in [0.1, 0.15) is 5.56 Å². The predicted octanol–water partition coefficient (Wildman–Crippen LogP) is 2.93. The molecule has 132 valence electrons. The Bertz CT molecular complexity index is 968. The lowest BCUT2D eigenvalue weighted by Gasteiger charge is -2.37. The van der Waals surface area contributed by atoms with Crippen LogP contribution in [0.5, 0.6) is 0 Å². The van der Waals surface area contributed by atoms with Gasteiger partial charge >= 0.3 is 0 Å². The van der Waals surface area contributed by atoms with Crippen LogP contribution >= 0.6 is 11.6 Å². The lowest BCUT2D eigenvalue weighted by molar-refractivity contribution is 0.249. The van der Waals surface area contributed by atoms with E-state index in [2.05, 4.69) is 21.9 Å². The van der Waals surface area contributed by atoms with Gasteiger partial charge in [-0.1, -0.05) is 54.1 Å². The molecule has 0 aliphatic carbocycles. The molecule has 1 heterocycles. The third-order valence-corrected chi connectivity index (χ3v) is 5.21. The van der Waals surface area contributed by atoms with Gasteiger partial charge in [-0.2, -0.15) is 0 Å². The molecule has 3 aromatic rings. The lowest BCUT2D eigenvalue weighted by Crippen LogP contribution is -2.51. The fraction of sp³-hybridized carbons (Fsp3) is 0.238. The number of rotatable bonds is 4. The first kappa shape index (κ1) is 17.0. The first-order valence-electron chi connectivity index (χ1n) is 8.74. The van der Waals surface area contributed by atoms with Gasteiger partial charge in [0.2, 0.25) is 10.9 Å². The summed E-state index contributed by atoms with van der Waals surface area (Å²) in [5.41, 5.74) is 2.39. The largest absolute Gasteiger partial charge is 0.365 e. The maximum atomic E-state index is 12.2. The summed E-state index contributed by atoms with van der Waals surface area (Å²) in [4.78, 5) is 28.7. The van der Waals surface area contributed by atoms with Gasteiger partial charge in [-0.3, -0.25) is 14.5 Å². The summed E-state index contributed by atoms with van der Waals surface area (Å²) in [5, 5.41) is 0.614. The molecule has 0 spiro atoms. The number of benzene rings is 2. The number of anilines is 1. The summed E-state index contributed by atoms with van der Waals surface area (Å²) in [6.45, 7) is 4.14. The quantitative estimate of drug-likeness (QED) is 0.666. The van der Waals surface area contributed by atoms with Gasteiger partial charge in [0.15, 0.2) is 0 Å². The van der Waals surface area contributed by atoms with Crippen molar-refractivity contribution in [3.63, 3.8) is 0 Å². The molecule has 1 fully saturated rings. The second kappa shape index (κ2) is 7.06. The first-order valence-corrected chi connectivity index (χ1v) is 9.12. The molecule has 0 aromatic heterocycles. The molecule has 3 aromatic carbocycles. The van der Waals surface area contributed by atoms with Crippen LogP contribution in [0.25, 0.3) is 11.1 Å². The molecule has 4 rings (SSSR count). The average molecular weight is 367 g/mol. The Morgan fingerprint density at radius 3 is 2.12 bits per heavy atom. The zero-order valence-electron chi connectivity index (χ0n) is 14.3. The van der Waals surface area contributed by atoms with E-state index in [0.29, 0.717) is 16.3 Å². The normalized spacial score (nSPS) is 15.5. The smallest absolute Gasteiger partial charge is 0.250 e. The Balaban J connectivity index is 1.49. The van der Waals surface area contributed by atoms with Gasteiger partial charge in [0.05, 0.1) is 5.56 Å². The van der Waals surface area contributed by atoms with Crippen molar-refractivity contribution in [1.29, 1.82) is 0 Å². The molecular formula is C21H19ClN2O2. The predicted molar refractivity (Wildman–Crippen MR) is 106 cm³/mol. The summed E-state index contributed by atoms with van der Waals surface area (Å²) in [7, 11) is 0. The minimum Gasteiger partial charge on any atom is -0.365 e. The van der Waals surface area contributed by atoms with Crippen LogP contribution in [0.15, 0.2) is 64.2 Å². The van der Waals surface area contributed by atoms with E-state index in [1.807, 2.05) is 18.2 Å². The van der Waals surface area contributed by atoms with E-state index in [1.54, 1.807) is 24.3 Å². The Labute approximate surface area is 156 Å². The van der Waals surface area contributed by atoms with Crippen LogP contribution in [0.3, 0.4) is 0 Å². The molecule has 1 aliphatic rings. The van der Waals surface area contributed by atoms with E-state index < -0.39 is 5.43 Å². The molecule has 0 unspecified atom stereocenters. The highest BCUT2D eigenvalue weighted by Gasteiger charge is 2.29. The Kier molecular flexibility index (Phi) is 4.62. The summed E-state index contributed by atoms with van der Waals surface area (Å²) in [5.74, 6) is 0. The van der Waals surface area contributed by atoms with Crippen molar-refractivity contribution in [3.8, 4) is 11.1 Å². The fourth-order valence-corrected chi connectivity index (χ4v) is 3.66. The molecule has 26 heavy (non-hydrogen) atoms. The third-order valence-electron chi connectivity index (χ3n) is 4.96. The molecule has 5 heteroatoms. The average Bonchev–Trinajstić information content (AvgIpc) is 2.68. The van der Waals surface area contributed by atoms with Crippen LogP contribution in [0, 0.1) is 0 Å². The molecule has 1 aliphatic heterocycles. The molecule has 1 saturated heterocycles. The highest BCUT2D eigenvalue weighted by molar-refractivity contribution is 6.30. The maximum absolute atomic E-state index is 12.2. The van der Waals surface area contributed by atoms with Gasteiger partial charge in [-0.25, -0.2) is 0 Å². The number of piperazine rings is 1. The van der Waals surface area contributed by atoms with Crippen LogP contribution in [-0.2, 0) is 6.54 Å². The third kappa shape index (κ3) is 3.18. The van der Waals surface area contributed by atoms with Crippen molar-refractivity contribution < 1.29 is 0 Å². The standard InChI is InChI=1S/C21H19ClN2O2/c22-17-8-6-16(7-9-17)18-19(21(26)20(18)25)24-12-10-23(11-13-24)14-15-4-2-1-3-5-15/h1-9H,10-14H2. The van der Waals surface area contributed by atoms with E-state index in [1.165, 1.54) is 5.56 Å². The van der Waals surface area contributed by atoms with Gasteiger partial charge in [0.25, 0.3) is 0 Å². The maximum Gasteiger partial charge on any atom is 0.250 e. The van der Waals surface area contributed by atoms with Crippen molar-refractivity contribution in [1.82, 2.24) is 4.90 Å². The Morgan fingerprint density at radius 2 is 1.46 bits per heavy atom. The van der Waals surface area contributed by atoms with Crippen LogP contribution in [0.4, 0.5) is 5.69 Å². The zero-order chi connectivity index (χ0) is 18.1. The van der Waals surface area contributed by atoms with Gasteiger partial charge in [0, 0.05) is 37.7 Å². The number of halogens is 1. The van der Waals surface area contributed by atoms with Crippen molar-refractivity contribution >= 4 is 17.3 Å². The van der Waals surface area contributed by atoms with Crippen LogP contribution in [-0.4, -0.2) is 31.1 Å². The van der Waals surface area contributed by atoms with E-state index in [9.17, 15) is 9.59 Å². The number of hydrogen-bond donors (Lipinski definition) is 0. The molecule has 0 amide bonds. The second-order valence-corrected chi connectivity index (χ2v) is 7.07. The van der Waals surface area contributed by atoms with Crippen molar-refractivity contribution in [3.05, 3.63) is 85.6 Å². The van der Waals surface area contributed by atoms with Crippen molar-refractivity contribution in [2.24, 2.45) is 0 Å². The van der Waals surface area contributed by atoms with E-state index >= 15 is 0 Å². The summed E-state index contributed by atoms with van der Waals surface area (Å²) >= 11 is 5.93. The van der Waals surface area contributed by atoms with Gasteiger partial charge in [-0.05, 0) is 23.3 Å². The Morgan fingerprint density at radius 1 is 0.808 bits per heavy atom. The first-order chi connectivity index (χ1) is 12.6. The van der Waals surface area contributed by atoms with E-state index in [4.69, 9.17) is 11.6 Å². The monoisotopic (exact) mass is 366 g/mol. The van der Waals surface area contributed by atoms with Crippen LogP contribution < -0.4 is 15.8 Å². The van der Waals surface area contributed by atoms with Crippen LogP contribution in [0.2, 0.25) is 5.02 Å². The minimum absolute atomic E-state index is 0.369. The van der Waals surface area contributed by atoms with Gasteiger partial charge in [0.1, 0.15) is 5.69 Å².